The molecule has 0 N–H and O–H groups in total. The van der Waals surface area contributed by atoms with Crippen molar-refractivity contribution < 1.29 is 9.18 Å². The maximum absolute atomic E-state index is 13.8. The van der Waals surface area contributed by atoms with Gasteiger partial charge in [0.1, 0.15) is 5.82 Å². The number of hydrogen-bond acceptors (Lipinski definition) is 2. The quantitative estimate of drug-likeness (QED) is 0.675. The van der Waals surface area contributed by atoms with Gasteiger partial charge in [-0.1, -0.05) is 15.9 Å². The summed E-state index contributed by atoms with van der Waals surface area (Å²) in [5, 5.41) is 0. The number of thiophene rings is 1. The lowest BCUT2D eigenvalue weighted by Gasteiger charge is -2.20. The molecule has 0 bridgehead atoms. The lowest BCUT2D eigenvalue weighted by Crippen LogP contribution is -2.30. The third kappa shape index (κ3) is 3.68. The van der Waals surface area contributed by atoms with Gasteiger partial charge in [-0.2, -0.15) is 0 Å². The van der Waals surface area contributed by atoms with Crippen LogP contribution >= 0.6 is 43.2 Å². The largest absolute Gasteiger partial charge is 0.334 e. The molecule has 0 radical (unpaired) electrons. The number of hydrogen-bond donors (Lipinski definition) is 0. The fraction of sp³-hybridized carbons (Fsp3) is 0.214. The molecule has 6 heteroatoms. The van der Waals surface area contributed by atoms with Crippen molar-refractivity contribution in [3.05, 3.63) is 54.8 Å². The highest BCUT2D eigenvalue weighted by Gasteiger charge is 2.19. The number of halogens is 3. The van der Waals surface area contributed by atoms with Crippen molar-refractivity contribution in [2.24, 2.45) is 0 Å². The second-order valence-corrected chi connectivity index (χ2v) is 7.61. The molecule has 0 fully saturated rings. The van der Waals surface area contributed by atoms with Gasteiger partial charge < -0.3 is 4.90 Å². The Morgan fingerprint density at radius 2 is 2.05 bits per heavy atom. The van der Waals surface area contributed by atoms with Crippen LogP contribution in [0.25, 0.3) is 0 Å². The van der Waals surface area contributed by atoms with E-state index in [1.54, 1.807) is 22.3 Å². The van der Waals surface area contributed by atoms with E-state index in [0.29, 0.717) is 17.6 Å². The Kier molecular flexibility index (Phi) is 5.35. The van der Waals surface area contributed by atoms with Crippen molar-refractivity contribution in [3.8, 4) is 0 Å². The average Bonchev–Trinajstić information content (AvgIpc) is 2.83. The van der Waals surface area contributed by atoms with Gasteiger partial charge in [-0.15, -0.1) is 11.3 Å². The number of rotatable bonds is 4. The molecule has 0 spiro atoms. The molecule has 1 heterocycles. The highest BCUT2D eigenvalue weighted by atomic mass is 79.9. The van der Waals surface area contributed by atoms with Gasteiger partial charge in [-0.3, -0.25) is 4.79 Å². The zero-order valence-electron chi connectivity index (χ0n) is 10.7. The van der Waals surface area contributed by atoms with E-state index in [4.69, 9.17) is 0 Å². The standard InChI is InChI=1S/C14H12Br2FNOS/c1-2-18(8-10-4-6-13(16)20-10)14(19)11-7-9(15)3-5-12(11)17/h3-7H,2,8H2,1H3. The predicted molar refractivity (Wildman–Crippen MR) is 86.5 cm³/mol. The molecule has 0 aliphatic heterocycles. The molecule has 0 atom stereocenters. The summed E-state index contributed by atoms with van der Waals surface area (Å²) in [4.78, 5) is 15.1. The molecule has 2 aromatic rings. The zero-order chi connectivity index (χ0) is 14.7. The van der Waals surface area contributed by atoms with Crippen LogP contribution in [-0.4, -0.2) is 17.4 Å². The SMILES string of the molecule is CCN(Cc1ccc(Br)s1)C(=O)c1cc(Br)ccc1F. The fourth-order valence-corrected chi connectivity index (χ4v) is 3.64. The van der Waals surface area contributed by atoms with Crippen molar-refractivity contribution in [3.63, 3.8) is 0 Å². The highest BCUT2D eigenvalue weighted by molar-refractivity contribution is 9.11. The van der Waals surface area contributed by atoms with Crippen molar-refractivity contribution in [1.29, 1.82) is 0 Å². The van der Waals surface area contributed by atoms with Crippen LogP contribution in [0.15, 0.2) is 38.6 Å². The smallest absolute Gasteiger partial charge is 0.257 e. The summed E-state index contributed by atoms with van der Waals surface area (Å²) < 4.78 is 15.5. The average molecular weight is 421 g/mol. The molecule has 1 aromatic carbocycles. The van der Waals surface area contributed by atoms with Gasteiger partial charge in [-0.25, -0.2) is 4.39 Å². The van der Waals surface area contributed by atoms with Crippen LogP contribution in [0.3, 0.4) is 0 Å². The Morgan fingerprint density at radius 1 is 1.30 bits per heavy atom. The second kappa shape index (κ2) is 6.83. The van der Waals surface area contributed by atoms with E-state index in [1.807, 2.05) is 19.1 Å². The molecule has 2 nitrogen and oxygen atoms in total. The predicted octanol–water partition coefficient (Wildman–Crippen LogP) is 5.07. The molecule has 20 heavy (non-hydrogen) atoms. The summed E-state index contributed by atoms with van der Waals surface area (Å²) in [6.45, 7) is 2.90. The molecule has 0 saturated carbocycles. The first kappa shape index (κ1) is 15.7. The molecule has 1 aromatic heterocycles. The Hall–Kier alpha value is -0.720. The first-order valence-corrected chi connectivity index (χ1v) is 8.40. The summed E-state index contributed by atoms with van der Waals surface area (Å²) >= 11 is 8.23. The van der Waals surface area contributed by atoms with Gasteiger partial charge in [0.15, 0.2) is 0 Å². The van der Waals surface area contributed by atoms with Crippen LogP contribution < -0.4 is 0 Å². The van der Waals surface area contributed by atoms with Crippen LogP contribution in [0.2, 0.25) is 0 Å². The number of amides is 1. The van der Waals surface area contributed by atoms with Gasteiger partial charge in [0, 0.05) is 15.9 Å². The van der Waals surface area contributed by atoms with Crippen molar-refractivity contribution >= 4 is 49.1 Å². The normalized spacial score (nSPS) is 10.6. The van der Waals surface area contributed by atoms with Crippen LogP contribution in [0, 0.1) is 5.82 Å². The van der Waals surface area contributed by atoms with Crippen LogP contribution in [0.5, 0.6) is 0 Å². The van der Waals surface area contributed by atoms with E-state index in [9.17, 15) is 9.18 Å². The van der Waals surface area contributed by atoms with Crippen molar-refractivity contribution in [1.82, 2.24) is 4.90 Å². The summed E-state index contributed by atoms with van der Waals surface area (Å²) in [6.07, 6.45) is 0. The molecule has 2 rings (SSSR count). The fourth-order valence-electron chi connectivity index (χ4n) is 1.78. The summed E-state index contributed by atoms with van der Waals surface area (Å²) in [5.74, 6) is -0.792. The lowest BCUT2D eigenvalue weighted by atomic mass is 10.2. The molecular formula is C14H12Br2FNOS. The maximum Gasteiger partial charge on any atom is 0.257 e. The minimum Gasteiger partial charge on any atom is -0.334 e. The Morgan fingerprint density at radius 3 is 2.65 bits per heavy atom. The van der Waals surface area contributed by atoms with Crippen LogP contribution in [0.1, 0.15) is 22.2 Å². The number of nitrogens with zero attached hydrogens (tertiary/aromatic N) is 1. The van der Waals surface area contributed by atoms with E-state index in [1.165, 1.54) is 12.1 Å². The number of benzene rings is 1. The molecule has 1 amide bonds. The highest BCUT2D eigenvalue weighted by Crippen LogP contribution is 2.24. The van der Waals surface area contributed by atoms with Gasteiger partial charge in [0.05, 0.1) is 15.9 Å². The second-order valence-electron chi connectivity index (χ2n) is 4.15. The van der Waals surface area contributed by atoms with E-state index < -0.39 is 5.82 Å². The minimum atomic E-state index is -0.496. The number of carbonyl (C=O) groups is 1. The van der Waals surface area contributed by atoms with Gasteiger partial charge in [0.2, 0.25) is 0 Å². The zero-order valence-corrected chi connectivity index (χ0v) is 14.7. The monoisotopic (exact) mass is 419 g/mol. The Balaban J connectivity index is 2.22. The molecule has 106 valence electrons. The molecule has 0 aliphatic rings. The molecule has 0 aliphatic carbocycles. The summed E-state index contributed by atoms with van der Waals surface area (Å²) in [5.41, 5.74) is 0.0943. The van der Waals surface area contributed by atoms with E-state index in [2.05, 4.69) is 31.9 Å². The molecular weight excluding hydrogens is 409 g/mol. The summed E-state index contributed by atoms with van der Waals surface area (Å²) in [6, 6.07) is 8.30. The van der Waals surface area contributed by atoms with Gasteiger partial charge in [0.25, 0.3) is 5.91 Å². The van der Waals surface area contributed by atoms with E-state index in [-0.39, 0.29) is 11.5 Å². The summed E-state index contributed by atoms with van der Waals surface area (Å²) in [7, 11) is 0. The Bertz CT molecular complexity index is 629. The van der Waals surface area contributed by atoms with Crippen molar-refractivity contribution in [2.75, 3.05) is 6.54 Å². The first-order chi connectivity index (χ1) is 9.51. The Labute approximate surface area is 137 Å². The van der Waals surface area contributed by atoms with Gasteiger partial charge in [-0.05, 0) is 53.2 Å². The molecule has 0 unspecified atom stereocenters. The lowest BCUT2D eigenvalue weighted by molar-refractivity contribution is 0.0749. The van der Waals surface area contributed by atoms with Crippen LogP contribution in [-0.2, 0) is 6.54 Å². The van der Waals surface area contributed by atoms with Crippen LogP contribution in [0.4, 0.5) is 4.39 Å². The van der Waals surface area contributed by atoms with Crippen molar-refractivity contribution in [2.45, 2.75) is 13.5 Å². The number of carbonyl (C=O) groups excluding carboxylic acids is 1. The molecule has 0 saturated heterocycles. The maximum atomic E-state index is 13.8. The third-order valence-corrected chi connectivity index (χ3v) is 4.90. The topological polar surface area (TPSA) is 20.3 Å². The van der Waals surface area contributed by atoms with Gasteiger partial charge >= 0.3 is 0 Å². The van der Waals surface area contributed by atoms with E-state index >= 15 is 0 Å². The third-order valence-electron chi connectivity index (χ3n) is 2.80. The first-order valence-electron chi connectivity index (χ1n) is 5.99. The minimum absolute atomic E-state index is 0.0943. The van der Waals surface area contributed by atoms with E-state index in [0.717, 1.165) is 8.66 Å².